The van der Waals surface area contributed by atoms with E-state index in [9.17, 15) is 19.7 Å². The predicted molar refractivity (Wildman–Crippen MR) is 142 cm³/mol. The Morgan fingerprint density at radius 3 is 2.35 bits per heavy atom. The van der Waals surface area contributed by atoms with Crippen LogP contribution in [0.1, 0.15) is 37.0 Å². The van der Waals surface area contributed by atoms with E-state index in [1.807, 2.05) is 62.4 Å². The lowest BCUT2D eigenvalue weighted by molar-refractivity contribution is -0.385. The van der Waals surface area contributed by atoms with E-state index < -0.39 is 11.0 Å². The molecule has 0 bridgehead atoms. The fraction of sp³-hybridized carbons (Fsp3) is 0.310. The Balaban J connectivity index is 2.03. The summed E-state index contributed by atoms with van der Waals surface area (Å²) in [6.45, 7) is 4.03. The number of amides is 2. The van der Waals surface area contributed by atoms with Crippen LogP contribution in [0.3, 0.4) is 0 Å². The Bertz CT molecular complexity index is 1210. The summed E-state index contributed by atoms with van der Waals surface area (Å²) in [5.41, 5.74) is 1.86. The van der Waals surface area contributed by atoms with Gasteiger partial charge in [0.05, 0.1) is 18.5 Å². The van der Waals surface area contributed by atoms with Gasteiger partial charge in [-0.2, -0.15) is 0 Å². The minimum absolute atomic E-state index is 0.0743. The van der Waals surface area contributed by atoms with Crippen molar-refractivity contribution in [1.29, 1.82) is 0 Å². The first-order valence-corrected chi connectivity index (χ1v) is 12.3. The molecular weight excluding hydrogens is 470 g/mol. The van der Waals surface area contributed by atoms with E-state index in [0.717, 1.165) is 17.5 Å². The molecule has 0 fully saturated rings. The van der Waals surface area contributed by atoms with Crippen LogP contribution in [0.15, 0.2) is 78.9 Å². The maximum absolute atomic E-state index is 13.8. The average Bonchev–Trinajstić information content (AvgIpc) is 2.91. The van der Waals surface area contributed by atoms with Gasteiger partial charge in [-0.05, 0) is 36.6 Å². The topological polar surface area (TPSA) is 102 Å². The molecule has 0 saturated heterocycles. The van der Waals surface area contributed by atoms with Gasteiger partial charge in [0.15, 0.2) is 0 Å². The van der Waals surface area contributed by atoms with Crippen LogP contribution < -0.4 is 10.1 Å². The number of methoxy groups -OCH3 is 1. The highest BCUT2D eigenvalue weighted by atomic mass is 16.6. The number of nitrogens with one attached hydrogen (secondary N) is 1. The van der Waals surface area contributed by atoms with E-state index in [4.69, 9.17) is 4.74 Å². The molecule has 8 heteroatoms. The smallest absolute Gasteiger partial charge is 0.273 e. The van der Waals surface area contributed by atoms with Gasteiger partial charge in [0.25, 0.3) is 5.69 Å². The molecule has 2 atom stereocenters. The monoisotopic (exact) mass is 503 g/mol. The third-order valence-corrected chi connectivity index (χ3v) is 6.29. The summed E-state index contributed by atoms with van der Waals surface area (Å²) >= 11 is 0. The van der Waals surface area contributed by atoms with Crippen molar-refractivity contribution in [1.82, 2.24) is 10.2 Å². The van der Waals surface area contributed by atoms with Crippen LogP contribution >= 0.6 is 0 Å². The molecule has 2 amide bonds. The number of para-hydroxylation sites is 1. The number of carbonyl (C=O) groups excluding carboxylic acids is 2. The van der Waals surface area contributed by atoms with Gasteiger partial charge in [0.1, 0.15) is 11.8 Å². The minimum Gasteiger partial charge on any atom is -0.497 e. The van der Waals surface area contributed by atoms with Gasteiger partial charge < -0.3 is 15.0 Å². The number of ether oxygens (including phenoxy) is 1. The molecule has 3 rings (SSSR count). The van der Waals surface area contributed by atoms with Crippen LogP contribution in [-0.4, -0.2) is 40.8 Å². The second kappa shape index (κ2) is 13.2. The maximum atomic E-state index is 13.8. The zero-order chi connectivity index (χ0) is 26.8. The average molecular weight is 504 g/mol. The fourth-order valence-corrected chi connectivity index (χ4v) is 4.07. The molecule has 0 heterocycles. The van der Waals surface area contributed by atoms with Gasteiger partial charge in [-0.15, -0.1) is 0 Å². The van der Waals surface area contributed by atoms with Gasteiger partial charge in [0, 0.05) is 30.6 Å². The number of nitro benzene ring substituents is 1. The summed E-state index contributed by atoms with van der Waals surface area (Å²) in [4.78, 5) is 40.0. The molecular formula is C29H33N3O5. The lowest BCUT2D eigenvalue weighted by Gasteiger charge is -2.32. The Labute approximate surface area is 217 Å². The molecule has 0 spiro atoms. The molecule has 0 aliphatic heterocycles. The van der Waals surface area contributed by atoms with Crippen molar-refractivity contribution in [3.05, 3.63) is 106 Å². The van der Waals surface area contributed by atoms with Crippen LogP contribution in [-0.2, 0) is 29.0 Å². The SMILES string of the molecule is CC[C@H](C)NC(=O)[C@@H](Cc1ccccc1)N(Cc1cccc(OC)c1)C(=O)Cc1ccccc1[N+](=O)[O-]. The summed E-state index contributed by atoms with van der Waals surface area (Å²) in [7, 11) is 1.56. The minimum atomic E-state index is -0.821. The molecule has 0 radical (unpaired) electrons. The summed E-state index contributed by atoms with van der Waals surface area (Å²) in [6, 6.07) is 22.1. The lowest BCUT2D eigenvalue weighted by Crippen LogP contribution is -2.52. The molecule has 1 N–H and O–H groups in total. The summed E-state index contributed by atoms with van der Waals surface area (Å²) in [6.07, 6.45) is 0.836. The third kappa shape index (κ3) is 7.64. The predicted octanol–water partition coefficient (Wildman–Crippen LogP) is 4.70. The second-order valence-corrected chi connectivity index (χ2v) is 8.96. The van der Waals surface area contributed by atoms with Crippen molar-refractivity contribution in [2.75, 3.05) is 7.11 Å². The normalized spacial score (nSPS) is 12.3. The van der Waals surface area contributed by atoms with Crippen LogP contribution in [0.2, 0.25) is 0 Å². The van der Waals surface area contributed by atoms with Gasteiger partial charge in [0.2, 0.25) is 11.8 Å². The quantitative estimate of drug-likeness (QED) is 0.285. The molecule has 0 saturated carbocycles. The first-order chi connectivity index (χ1) is 17.8. The Kier molecular flexibility index (Phi) is 9.77. The summed E-state index contributed by atoms with van der Waals surface area (Å²) < 4.78 is 5.35. The van der Waals surface area contributed by atoms with Gasteiger partial charge in [-0.3, -0.25) is 19.7 Å². The van der Waals surface area contributed by atoms with Gasteiger partial charge in [-0.1, -0.05) is 67.6 Å². The van der Waals surface area contributed by atoms with Crippen molar-refractivity contribution in [3.8, 4) is 5.75 Å². The Morgan fingerprint density at radius 2 is 1.68 bits per heavy atom. The second-order valence-electron chi connectivity index (χ2n) is 8.96. The largest absolute Gasteiger partial charge is 0.497 e. The molecule has 0 aliphatic rings. The van der Waals surface area contributed by atoms with Crippen molar-refractivity contribution >= 4 is 17.5 Å². The summed E-state index contributed by atoms with van der Waals surface area (Å²) in [5.74, 6) is -0.0124. The highest BCUT2D eigenvalue weighted by Gasteiger charge is 2.32. The van der Waals surface area contributed by atoms with Crippen molar-refractivity contribution < 1.29 is 19.2 Å². The van der Waals surface area contributed by atoms with E-state index >= 15 is 0 Å². The van der Waals surface area contributed by atoms with Crippen molar-refractivity contribution in [2.24, 2.45) is 0 Å². The van der Waals surface area contributed by atoms with Crippen molar-refractivity contribution in [3.63, 3.8) is 0 Å². The zero-order valence-corrected chi connectivity index (χ0v) is 21.4. The van der Waals surface area contributed by atoms with E-state index in [2.05, 4.69) is 5.32 Å². The number of rotatable bonds is 12. The number of hydrogen-bond acceptors (Lipinski definition) is 5. The van der Waals surface area contributed by atoms with Crippen molar-refractivity contribution in [2.45, 2.75) is 51.7 Å². The molecule has 0 aromatic heterocycles. The number of nitro groups is 1. The number of carbonyl (C=O) groups is 2. The molecule has 37 heavy (non-hydrogen) atoms. The number of benzene rings is 3. The first-order valence-electron chi connectivity index (χ1n) is 12.3. The lowest BCUT2D eigenvalue weighted by atomic mass is 10.0. The Hall–Kier alpha value is -4.20. The van der Waals surface area contributed by atoms with Crippen LogP contribution in [0.4, 0.5) is 5.69 Å². The molecule has 3 aromatic carbocycles. The molecule has 3 aromatic rings. The highest BCUT2D eigenvalue weighted by molar-refractivity contribution is 5.89. The molecule has 0 aliphatic carbocycles. The molecule has 194 valence electrons. The first kappa shape index (κ1) is 27.4. The maximum Gasteiger partial charge on any atom is 0.273 e. The molecule has 0 unspecified atom stereocenters. The van der Waals surface area contributed by atoms with E-state index in [-0.39, 0.29) is 36.5 Å². The summed E-state index contributed by atoms with van der Waals surface area (Å²) in [5, 5.41) is 14.6. The Morgan fingerprint density at radius 1 is 1.00 bits per heavy atom. The van der Waals surface area contributed by atoms with E-state index in [1.165, 1.54) is 11.0 Å². The van der Waals surface area contributed by atoms with Gasteiger partial charge >= 0.3 is 0 Å². The highest BCUT2D eigenvalue weighted by Crippen LogP contribution is 2.23. The molecule has 8 nitrogen and oxygen atoms in total. The number of nitrogens with zero attached hydrogens (tertiary/aromatic N) is 2. The fourth-order valence-electron chi connectivity index (χ4n) is 4.07. The van der Waals surface area contributed by atoms with Crippen LogP contribution in [0.25, 0.3) is 0 Å². The van der Waals surface area contributed by atoms with Crippen LogP contribution in [0, 0.1) is 10.1 Å². The third-order valence-electron chi connectivity index (χ3n) is 6.29. The van der Waals surface area contributed by atoms with Crippen LogP contribution in [0.5, 0.6) is 5.75 Å². The number of hydrogen-bond donors (Lipinski definition) is 1. The van der Waals surface area contributed by atoms with Gasteiger partial charge in [-0.25, -0.2) is 0 Å². The van der Waals surface area contributed by atoms with E-state index in [0.29, 0.717) is 17.7 Å². The zero-order valence-electron chi connectivity index (χ0n) is 21.4. The van der Waals surface area contributed by atoms with E-state index in [1.54, 1.807) is 31.4 Å². The standard InChI is InChI=1S/C29H33N3O5/c1-4-21(2)30-29(34)27(18-22-11-6-5-7-12-22)31(20-23-13-10-15-25(17-23)37-3)28(33)19-24-14-8-9-16-26(24)32(35)36/h5-17,21,27H,4,18-20H2,1-3H3,(H,30,34)/t21-,27+/m0/s1.